The fourth-order valence-corrected chi connectivity index (χ4v) is 13.2. The van der Waals surface area contributed by atoms with Gasteiger partial charge in [-0.15, -0.1) is 0 Å². The highest BCUT2D eigenvalue weighted by atomic mass is 31.2. The summed E-state index contributed by atoms with van der Waals surface area (Å²) < 4.78 is 68.5. The van der Waals surface area contributed by atoms with Gasteiger partial charge in [0.2, 0.25) is 0 Å². The maximum Gasteiger partial charge on any atom is 0.472 e. The van der Waals surface area contributed by atoms with E-state index in [1.165, 1.54) is 205 Å². The molecule has 19 heteroatoms. The van der Waals surface area contributed by atoms with Crippen LogP contribution in [0.25, 0.3) is 0 Å². The first-order valence-corrected chi connectivity index (χ1v) is 42.5. The summed E-state index contributed by atoms with van der Waals surface area (Å²) in [5.74, 6) is -0.614. The van der Waals surface area contributed by atoms with Gasteiger partial charge in [-0.3, -0.25) is 37.3 Å². The van der Waals surface area contributed by atoms with Crippen molar-refractivity contribution in [1.82, 2.24) is 0 Å². The number of phosphoric acid groups is 2. The van der Waals surface area contributed by atoms with E-state index in [1.807, 2.05) is 0 Å². The van der Waals surface area contributed by atoms with Gasteiger partial charge in [-0.2, -0.15) is 0 Å². The van der Waals surface area contributed by atoms with Crippen molar-refractivity contribution >= 4 is 39.5 Å². The SMILES string of the molecule is CCCCCCCCCCCCCCCCCC(=O)OC[C@H](COP(=O)(O)OC[C@@H](O)COP(=O)(O)OC[C@@H](COC(=O)CCCCCCCCCC(C)C)OC(=O)CCCCCCCCCCCCCCC)OC(=O)CCCCCCCCCCCCCCCCC(C)C. The molecule has 17 nitrogen and oxygen atoms in total. The first-order chi connectivity index (χ1) is 45.9. The van der Waals surface area contributed by atoms with E-state index in [1.54, 1.807) is 0 Å². The first-order valence-electron chi connectivity index (χ1n) is 39.5. The predicted molar refractivity (Wildman–Crippen MR) is 386 cm³/mol. The third-order valence-corrected chi connectivity index (χ3v) is 19.6. The summed E-state index contributed by atoms with van der Waals surface area (Å²) in [6.45, 7) is 9.57. The molecule has 0 aromatic carbocycles. The Balaban J connectivity index is 5.25. The van der Waals surface area contributed by atoms with Crippen molar-refractivity contribution in [2.24, 2.45) is 11.8 Å². The molecule has 0 heterocycles. The molecule has 0 spiro atoms. The normalized spacial score (nSPS) is 14.0. The number of rotatable bonds is 75. The number of hydrogen-bond donors (Lipinski definition) is 3. The summed E-state index contributed by atoms with van der Waals surface area (Å²) in [5, 5.41) is 10.6. The summed E-state index contributed by atoms with van der Waals surface area (Å²) in [4.78, 5) is 72.8. The molecule has 0 aliphatic rings. The number of aliphatic hydroxyl groups is 1. The van der Waals surface area contributed by atoms with Crippen LogP contribution in [0.3, 0.4) is 0 Å². The van der Waals surface area contributed by atoms with Crippen LogP contribution in [0.15, 0.2) is 0 Å². The van der Waals surface area contributed by atoms with Crippen LogP contribution in [0, 0.1) is 11.8 Å². The Hall–Kier alpha value is -1.94. The molecule has 0 rings (SSSR count). The molecule has 0 aromatic rings. The summed E-state index contributed by atoms with van der Waals surface area (Å²) >= 11 is 0. The van der Waals surface area contributed by atoms with E-state index in [4.69, 9.17) is 37.0 Å². The van der Waals surface area contributed by atoms with Crippen molar-refractivity contribution in [2.75, 3.05) is 39.6 Å². The number of carbonyl (C=O) groups excluding carboxylic acids is 4. The number of phosphoric ester groups is 2. The lowest BCUT2D eigenvalue weighted by Gasteiger charge is -2.21. The summed E-state index contributed by atoms with van der Waals surface area (Å²) in [7, 11) is -9.91. The van der Waals surface area contributed by atoms with Crippen LogP contribution in [-0.4, -0.2) is 96.7 Å². The molecule has 5 atom stereocenters. The Morgan fingerprint density at radius 2 is 0.484 bits per heavy atom. The third-order valence-electron chi connectivity index (χ3n) is 17.7. The minimum absolute atomic E-state index is 0.107. The van der Waals surface area contributed by atoms with Gasteiger partial charge in [-0.25, -0.2) is 9.13 Å². The van der Waals surface area contributed by atoms with Gasteiger partial charge >= 0.3 is 39.5 Å². The molecule has 2 unspecified atom stereocenters. The highest BCUT2D eigenvalue weighted by Gasteiger charge is 2.30. The lowest BCUT2D eigenvalue weighted by Crippen LogP contribution is -2.30. The molecule has 0 fully saturated rings. The summed E-state index contributed by atoms with van der Waals surface area (Å²) in [6, 6.07) is 0. The van der Waals surface area contributed by atoms with E-state index in [0.29, 0.717) is 31.6 Å². The monoisotopic (exact) mass is 1400 g/mol. The second-order valence-electron chi connectivity index (χ2n) is 28.3. The van der Waals surface area contributed by atoms with Crippen LogP contribution in [0.5, 0.6) is 0 Å². The number of hydrogen-bond acceptors (Lipinski definition) is 15. The van der Waals surface area contributed by atoms with Gasteiger partial charge in [0.05, 0.1) is 26.4 Å². The van der Waals surface area contributed by atoms with Gasteiger partial charge in [0.25, 0.3) is 0 Å². The van der Waals surface area contributed by atoms with Crippen LogP contribution in [0.2, 0.25) is 0 Å². The van der Waals surface area contributed by atoms with Crippen molar-refractivity contribution in [3.8, 4) is 0 Å². The summed E-state index contributed by atoms with van der Waals surface area (Å²) in [6.07, 6.45) is 55.4. The van der Waals surface area contributed by atoms with Crippen LogP contribution in [0.4, 0.5) is 0 Å². The van der Waals surface area contributed by atoms with E-state index in [2.05, 4.69) is 41.5 Å². The second kappa shape index (κ2) is 67.9. The molecule has 0 aromatic heterocycles. The molecule has 0 aliphatic carbocycles. The van der Waals surface area contributed by atoms with Gasteiger partial charge in [0.15, 0.2) is 12.2 Å². The quantitative estimate of drug-likeness (QED) is 0.0222. The molecule has 0 radical (unpaired) electrons. The van der Waals surface area contributed by atoms with Crippen LogP contribution in [-0.2, 0) is 65.4 Å². The standard InChI is InChI=1S/C76H148O17P2/c1-7-9-11-13-15-17-19-21-22-27-30-34-40-46-52-58-73(78)86-64-71(92-76(81)61-55-49-42-36-32-28-24-23-26-29-33-38-44-50-56-68(3)4)66-90-94(82,83)88-62-70(77)63-89-95(84,85)91-67-72(65-87-74(79)59-53-47-43-37-39-45-51-57-69(5)6)93-75(80)60-54-48-41-35-31-25-20-18-16-14-12-10-8-2/h68-72,77H,7-67H2,1-6H3,(H,82,83)(H,84,85)/t70-,71-,72-/m1/s1. The van der Waals surface area contributed by atoms with Crippen LogP contribution >= 0.6 is 15.6 Å². The maximum absolute atomic E-state index is 13.1. The fraction of sp³-hybridized carbons (Fsp3) is 0.947. The number of aliphatic hydroxyl groups excluding tert-OH is 1. The Bertz CT molecular complexity index is 1840. The molecule has 0 amide bonds. The van der Waals surface area contributed by atoms with Gasteiger partial charge in [0, 0.05) is 25.7 Å². The van der Waals surface area contributed by atoms with Crippen molar-refractivity contribution in [3.63, 3.8) is 0 Å². The van der Waals surface area contributed by atoms with Crippen LogP contribution in [0.1, 0.15) is 395 Å². The van der Waals surface area contributed by atoms with E-state index < -0.39 is 97.5 Å². The minimum atomic E-state index is -4.96. The zero-order chi connectivity index (χ0) is 70.0. The maximum atomic E-state index is 13.1. The highest BCUT2D eigenvalue weighted by molar-refractivity contribution is 7.47. The molecule has 0 bridgehead atoms. The third kappa shape index (κ3) is 70.3. The predicted octanol–water partition coefficient (Wildman–Crippen LogP) is 22.3. The van der Waals surface area contributed by atoms with E-state index in [9.17, 15) is 43.2 Å². The number of carbonyl (C=O) groups is 4. The topological polar surface area (TPSA) is 237 Å². The van der Waals surface area contributed by atoms with Crippen molar-refractivity contribution in [3.05, 3.63) is 0 Å². The Labute approximate surface area is 581 Å². The molecule has 0 saturated heterocycles. The lowest BCUT2D eigenvalue weighted by atomic mass is 10.0. The largest absolute Gasteiger partial charge is 0.472 e. The number of esters is 4. The van der Waals surface area contributed by atoms with Gasteiger partial charge in [-0.1, -0.05) is 343 Å². The van der Waals surface area contributed by atoms with Crippen LogP contribution < -0.4 is 0 Å². The Morgan fingerprint density at radius 1 is 0.284 bits per heavy atom. The molecule has 564 valence electrons. The molecule has 0 saturated carbocycles. The molecule has 3 N–H and O–H groups in total. The number of unbranched alkanes of at least 4 members (excludes halogenated alkanes) is 45. The van der Waals surface area contributed by atoms with E-state index in [-0.39, 0.29) is 25.7 Å². The molecular weight excluding hydrogens is 1250 g/mol. The summed E-state index contributed by atoms with van der Waals surface area (Å²) in [5.41, 5.74) is 0. The Morgan fingerprint density at radius 3 is 0.716 bits per heavy atom. The first kappa shape index (κ1) is 93.1. The zero-order valence-electron chi connectivity index (χ0n) is 62.0. The average Bonchev–Trinajstić information content (AvgIpc) is 1.86. The van der Waals surface area contributed by atoms with E-state index in [0.717, 1.165) is 102 Å². The fourth-order valence-electron chi connectivity index (χ4n) is 11.7. The second-order valence-corrected chi connectivity index (χ2v) is 31.3. The average molecular weight is 1400 g/mol. The molecule has 0 aliphatic heterocycles. The van der Waals surface area contributed by atoms with Gasteiger partial charge < -0.3 is 33.8 Å². The van der Waals surface area contributed by atoms with Gasteiger partial charge in [-0.05, 0) is 37.5 Å². The zero-order valence-corrected chi connectivity index (χ0v) is 63.8. The molecule has 95 heavy (non-hydrogen) atoms. The molecular formula is C76H148O17P2. The lowest BCUT2D eigenvalue weighted by molar-refractivity contribution is -0.161. The smallest absolute Gasteiger partial charge is 0.462 e. The minimum Gasteiger partial charge on any atom is -0.462 e. The van der Waals surface area contributed by atoms with Gasteiger partial charge in [0.1, 0.15) is 19.3 Å². The van der Waals surface area contributed by atoms with E-state index >= 15 is 0 Å². The van der Waals surface area contributed by atoms with Crippen molar-refractivity contribution in [1.29, 1.82) is 0 Å². The van der Waals surface area contributed by atoms with Crippen molar-refractivity contribution in [2.45, 2.75) is 413 Å². The number of ether oxygens (including phenoxy) is 4. The Kier molecular flexibility index (Phi) is 66.5. The van der Waals surface area contributed by atoms with Crippen molar-refractivity contribution < 1.29 is 80.2 Å². The highest BCUT2D eigenvalue weighted by Crippen LogP contribution is 2.45.